The van der Waals surface area contributed by atoms with E-state index in [1.165, 1.54) is 0 Å². The van der Waals surface area contributed by atoms with Gasteiger partial charge in [-0.25, -0.2) is 4.99 Å². The van der Waals surface area contributed by atoms with Gasteiger partial charge in [-0.15, -0.1) is 0 Å². The number of aliphatic imine (C=N–C) groups is 1. The minimum Gasteiger partial charge on any atom is -0.366 e. The molecule has 1 aliphatic rings. The van der Waals surface area contributed by atoms with Gasteiger partial charge in [0.2, 0.25) is 0 Å². The molecule has 2 N–H and O–H groups in total. The Hall–Kier alpha value is -2.92. The molecule has 0 atom stereocenters. The maximum absolute atomic E-state index is 12.1. The van der Waals surface area contributed by atoms with Crippen LogP contribution in [0.5, 0.6) is 0 Å². The van der Waals surface area contributed by atoms with Crippen molar-refractivity contribution in [2.75, 3.05) is 0 Å². The third-order valence-electron chi connectivity index (χ3n) is 3.32. The minimum absolute atomic E-state index is 0.232. The highest BCUT2D eigenvalue weighted by molar-refractivity contribution is 8.19. The molecular formula is C19H14N2O2S. The van der Waals surface area contributed by atoms with Crippen LogP contribution in [0.25, 0.3) is 12.2 Å². The summed E-state index contributed by atoms with van der Waals surface area (Å²) in [7, 11) is 0. The zero-order valence-electron chi connectivity index (χ0n) is 12.7. The zero-order chi connectivity index (χ0) is 16.9. The molecule has 0 spiro atoms. The maximum Gasteiger partial charge on any atom is 0.284 e. The molecule has 2 aromatic carbocycles. The molecule has 0 fully saturated rings. The summed E-state index contributed by atoms with van der Waals surface area (Å²) in [4.78, 5) is 28.4. The van der Waals surface area contributed by atoms with Crippen LogP contribution in [-0.4, -0.2) is 16.9 Å². The average Bonchev–Trinajstić information content (AvgIpc) is 2.94. The molecule has 3 rings (SSSR count). The van der Waals surface area contributed by atoms with Gasteiger partial charge >= 0.3 is 0 Å². The number of rotatable bonds is 4. The number of hydrogen-bond donors (Lipinski definition) is 1. The van der Waals surface area contributed by atoms with E-state index in [2.05, 4.69) is 4.99 Å². The molecular weight excluding hydrogens is 320 g/mol. The van der Waals surface area contributed by atoms with Crippen molar-refractivity contribution in [2.24, 2.45) is 10.7 Å². The fraction of sp³-hybridized carbons (Fsp3) is 0. The Bertz CT molecular complexity index is 869. The van der Waals surface area contributed by atoms with E-state index in [4.69, 9.17) is 5.73 Å². The van der Waals surface area contributed by atoms with E-state index >= 15 is 0 Å². The lowest BCUT2D eigenvalue weighted by atomic mass is 10.1. The molecule has 0 bridgehead atoms. The molecule has 0 radical (unpaired) electrons. The Morgan fingerprint density at radius 3 is 2.12 bits per heavy atom. The number of nitrogens with two attached hydrogens (primary N) is 1. The number of amides is 2. The normalized spacial score (nSPS) is 16.3. The quantitative estimate of drug-likeness (QED) is 0.872. The van der Waals surface area contributed by atoms with Gasteiger partial charge in [0, 0.05) is 0 Å². The summed E-state index contributed by atoms with van der Waals surface area (Å²) in [6, 6.07) is 18.8. The molecule has 0 saturated carbocycles. The lowest BCUT2D eigenvalue weighted by molar-refractivity contribution is -0.114. The highest BCUT2D eigenvalue weighted by atomic mass is 32.2. The third-order valence-corrected chi connectivity index (χ3v) is 4.34. The van der Waals surface area contributed by atoms with Gasteiger partial charge in [0.15, 0.2) is 0 Å². The molecule has 1 aliphatic heterocycles. The first-order valence-corrected chi connectivity index (χ1v) is 8.09. The van der Waals surface area contributed by atoms with Gasteiger partial charge in [-0.1, -0.05) is 72.4 Å². The molecule has 0 saturated heterocycles. The van der Waals surface area contributed by atoms with Crippen LogP contribution < -0.4 is 5.73 Å². The number of hydrogen-bond acceptors (Lipinski definition) is 3. The zero-order valence-corrected chi connectivity index (χ0v) is 13.5. The van der Waals surface area contributed by atoms with Crippen LogP contribution in [0.1, 0.15) is 11.1 Å². The minimum atomic E-state index is -0.612. The van der Waals surface area contributed by atoms with Crippen LogP contribution in [0.15, 0.2) is 76.1 Å². The molecule has 2 aromatic rings. The fourth-order valence-corrected chi connectivity index (χ4v) is 3.11. The van der Waals surface area contributed by atoms with Gasteiger partial charge in [0.25, 0.3) is 11.8 Å². The second-order valence-electron chi connectivity index (χ2n) is 5.08. The van der Waals surface area contributed by atoms with E-state index in [1.54, 1.807) is 12.2 Å². The van der Waals surface area contributed by atoms with Crippen molar-refractivity contribution in [2.45, 2.75) is 0 Å². The van der Waals surface area contributed by atoms with E-state index in [1.807, 2.05) is 60.7 Å². The van der Waals surface area contributed by atoms with Crippen molar-refractivity contribution in [1.29, 1.82) is 0 Å². The van der Waals surface area contributed by atoms with E-state index in [-0.39, 0.29) is 11.5 Å². The molecule has 2 amide bonds. The third kappa shape index (κ3) is 3.70. The van der Waals surface area contributed by atoms with Crippen molar-refractivity contribution in [1.82, 2.24) is 0 Å². The van der Waals surface area contributed by atoms with Crippen molar-refractivity contribution in [3.63, 3.8) is 0 Å². The first-order valence-electron chi connectivity index (χ1n) is 7.28. The molecule has 118 valence electrons. The Morgan fingerprint density at radius 2 is 1.54 bits per heavy atom. The van der Waals surface area contributed by atoms with Crippen molar-refractivity contribution in [3.05, 3.63) is 82.3 Å². The number of primary amides is 1. The van der Waals surface area contributed by atoms with Gasteiger partial charge in [-0.2, -0.15) is 0 Å². The van der Waals surface area contributed by atoms with Crippen LogP contribution in [0.2, 0.25) is 0 Å². The summed E-state index contributed by atoms with van der Waals surface area (Å²) < 4.78 is 0. The fourth-order valence-electron chi connectivity index (χ4n) is 2.18. The Balaban J connectivity index is 1.90. The van der Waals surface area contributed by atoms with Crippen LogP contribution in [0, 0.1) is 0 Å². The second-order valence-corrected chi connectivity index (χ2v) is 6.11. The Kier molecular flexibility index (Phi) is 4.72. The smallest absolute Gasteiger partial charge is 0.284 e. The summed E-state index contributed by atoms with van der Waals surface area (Å²) in [5.74, 6) is -0.974. The summed E-state index contributed by atoms with van der Waals surface area (Å²) in [5.41, 5.74) is 7.43. The molecule has 24 heavy (non-hydrogen) atoms. The molecule has 0 aromatic heterocycles. The Labute approximate surface area is 143 Å². The van der Waals surface area contributed by atoms with E-state index < -0.39 is 5.91 Å². The van der Waals surface area contributed by atoms with Crippen molar-refractivity contribution in [3.8, 4) is 0 Å². The number of nitrogens with zero attached hydrogens (tertiary/aromatic N) is 1. The number of carbonyl (C=O) groups excluding carboxylic acids is 2. The van der Waals surface area contributed by atoms with Crippen molar-refractivity contribution < 1.29 is 9.59 Å². The highest BCUT2D eigenvalue weighted by Crippen LogP contribution is 2.32. The number of thioether (sulfide) groups is 1. The topological polar surface area (TPSA) is 72.5 Å². The van der Waals surface area contributed by atoms with E-state index in [0.29, 0.717) is 9.95 Å². The van der Waals surface area contributed by atoms with Gasteiger partial charge in [-0.3, -0.25) is 9.59 Å². The Morgan fingerprint density at radius 1 is 0.958 bits per heavy atom. The lowest BCUT2D eigenvalue weighted by Crippen LogP contribution is -2.18. The van der Waals surface area contributed by atoms with E-state index in [0.717, 1.165) is 22.9 Å². The lowest BCUT2D eigenvalue weighted by Gasteiger charge is -2.02. The SMILES string of the molecule is NC(=O)/C(=C\c1ccccc1)C1=NC(=O)/C(=C\c2ccccc2)S1. The standard InChI is InChI=1S/C19H14N2O2S/c20-17(22)15(11-13-7-3-1-4-8-13)19-21-18(23)16(24-19)12-14-9-5-2-6-10-14/h1-12H,(H2,20,22)/b15-11+,16-12+. The maximum atomic E-state index is 12.1. The summed E-state index contributed by atoms with van der Waals surface area (Å²) in [6.45, 7) is 0. The summed E-state index contributed by atoms with van der Waals surface area (Å²) in [6.07, 6.45) is 3.40. The van der Waals surface area contributed by atoms with Gasteiger partial charge in [0.1, 0.15) is 5.04 Å². The van der Waals surface area contributed by atoms with Crippen LogP contribution >= 0.6 is 11.8 Å². The first kappa shape index (κ1) is 16.0. The van der Waals surface area contributed by atoms with Crippen LogP contribution in [-0.2, 0) is 9.59 Å². The number of carbonyl (C=O) groups is 2. The molecule has 1 heterocycles. The average molecular weight is 334 g/mol. The summed E-state index contributed by atoms with van der Waals surface area (Å²) in [5, 5.41) is 0.332. The van der Waals surface area contributed by atoms with E-state index in [9.17, 15) is 9.59 Å². The predicted molar refractivity (Wildman–Crippen MR) is 98.1 cm³/mol. The summed E-state index contributed by atoms with van der Waals surface area (Å²) >= 11 is 1.16. The van der Waals surface area contributed by atoms with Crippen LogP contribution in [0.3, 0.4) is 0 Å². The largest absolute Gasteiger partial charge is 0.366 e. The van der Waals surface area contributed by atoms with Gasteiger partial charge in [0.05, 0.1) is 10.5 Å². The molecule has 5 heteroatoms. The molecule has 0 aliphatic carbocycles. The van der Waals surface area contributed by atoms with Gasteiger partial charge in [-0.05, 0) is 23.3 Å². The molecule has 0 unspecified atom stereocenters. The first-order chi connectivity index (χ1) is 11.6. The van der Waals surface area contributed by atoms with Crippen molar-refractivity contribution >= 4 is 40.8 Å². The molecule has 4 nitrogen and oxygen atoms in total. The van der Waals surface area contributed by atoms with Crippen LogP contribution in [0.4, 0.5) is 0 Å². The highest BCUT2D eigenvalue weighted by Gasteiger charge is 2.26. The second kappa shape index (κ2) is 7.10. The predicted octanol–water partition coefficient (Wildman–Crippen LogP) is 3.27. The number of benzene rings is 2. The monoisotopic (exact) mass is 334 g/mol. The van der Waals surface area contributed by atoms with Gasteiger partial charge < -0.3 is 5.73 Å².